The summed E-state index contributed by atoms with van der Waals surface area (Å²) in [6.45, 7) is -0.391. The molecule has 1 aromatic carbocycles. The van der Waals surface area contributed by atoms with Crippen molar-refractivity contribution in [1.82, 2.24) is 9.78 Å². The highest BCUT2D eigenvalue weighted by Crippen LogP contribution is 2.30. The van der Waals surface area contributed by atoms with Crippen molar-refractivity contribution in [3.63, 3.8) is 0 Å². The Bertz CT molecular complexity index is 589. The lowest BCUT2D eigenvalue weighted by Crippen LogP contribution is -2.06. The third-order valence-electron chi connectivity index (χ3n) is 2.65. The second-order valence-corrected chi connectivity index (χ2v) is 3.86. The van der Waals surface area contributed by atoms with Gasteiger partial charge in [0.15, 0.2) is 5.82 Å². The zero-order valence-electron chi connectivity index (χ0n) is 9.65. The lowest BCUT2D eigenvalue weighted by molar-refractivity contribution is -0.137. The van der Waals surface area contributed by atoms with Gasteiger partial charge in [-0.3, -0.25) is 0 Å². The monoisotopic (exact) mass is 272 g/mol. The second-order valence-electron chi connectivity index (χ2n) is 3.86. The van der Waals surface area contributed by atoms with E-state index in [2.05, 4.69) is 5.10 Å². The third-order valence-corrected chi connectivity index (χ3v) is 2.65. The quantitative estimate of drug-likeness (QED) is 0.773. The number of benzene rings is 1. The Hall–Kier alpha value is -2.22. The van der Waals surface area contributed by atoms with Crippen molar-refractivity contribution < 1.29 is 18.3 Å². The Labute approximate surface area is 106 Å². The number of aliphatic hydroxyl groups excluding tert-OH is 1. The molecule has 5 N–H and O–H groups in total. The van der Waals surface area contributed by atoms with Crippen molar-refractivity contribution in [3.8, 4) is 5.69 Å². The third kappa shape index (κ3) is 2.34. The topological polar surface area (TPSA) is 90.1 Å². The van der Waals surface area contributed by atoms with Gasteiger partial charge in [0, 0.05) is 0 Å². The molecule has 0 saturated heterocycles. The Balaban J connectivity index is 2.43. The summed E-state index contributed by atoms with van der Waals surface area (Å²) in [6.07, 6.45) is -4.40. The molecule has 0 bridgehead atoms. The first kappa shape index (κ1) is 13.2. The minimum Gasteiger partial charge on any atom is -0.391 e. The summed E-state index contributed by atoms with van der Waals surface area (Å²) in [6, 6.07) is 4.30. The van der Waals surface area contributed by atoms with Gasteiger partial charge < -0.3 is 16.6 Å². The molecule has 1 heterocycles. The fraction of sp³-hybridized carbons (Fsp3) is 0.182. The molecule has 0 aliphatic carbocycles. The van der Waals surface area contributed by atoms with Crippen LogP contribution in [0.25, 0.3) is 5.69 Å². The van der Waals surface area contributed by atoms with Gasteiger partial charge in [-0.2, -0.15) is 13.2 Å². The molecule has 5 nitrogen and oxygen atoms in total. The maximum absolute atomic E-state index is 12.4. The highest BCUT2D eigenvalue weighted by Gasteiger charge is 2.30. The SMILES string of the molecule is Nc1nn(-c2ccc(C(F)(F)F)cc2)c(N)c1CO. The highest BCUT2D eigenvalue weighted by molar-refractivity contribution is 5.57. The normalized spacial score (nSPS) is 11.8. The number of nitrogens with two attached hydrogens (primary N) is 2. The molecule has 0 atom stereocenters. The van der Waals surface area contributed by atoms with Gasteiger partial charge in [0.05, 0.1) is 23.4 Å². The Morgan fingerprint density at radius 2 is 1.74 bits per heavy atom. The summed E-state index contributed by atoms with van der Waals surface area (Å²) in [4.78, 5) is 0. The van der Waals surface area contributed by atoms with Gasteiger partial charge in [-0.15, -0.1) is 5.10 Å². The van der Waals surface area contributed by atoms with Crippen LogP contribution in [0.4, 0.5) is 24.8 Å². The largest absolute Gasteiger partial charge is 0.416 e. The van der Waals surface area contributed by atoms with Gasteiger partial charge in [0.25, 0.3) is 0 Å². The Kier molecular flexibility index (Phi) is 3.11. The van der Waals surface area contributed by atoms with E-state index >= 15 is 0 Å². The standard InChI is InChI=1S/C11H11F3N4O/c12-11(13,14)6-1-3-7(4-2-6)18-10(16)8(5-19)9(15)17-18/h1-4,19H,5,16H2,(H2,15,17). The summed E-state index contributed by atoms with van der Waals surface area (Å²) < 4.78 is 38.5. The van der Waals surface area contributed by atoms with Crippen LogP contribution in [0.5, 0.6) is 0 Å². The number of aromatic nitrogens is 2. The number of aliphatic hydroxyl groups is 1. The second kappa shape index (κ2) is 4.47. The van der Waals surface area contributed by atoms with Crippen molar-refractivity contribution in [2.24, 2.45) is 0 Å². The van der Waals surface area contributed by atoms with E-state index in [0.29, 0.717) is 5.69 Å². The van der Waals surface area contributed by atoms with E-state index in [1.165, 1.54) is 16.8 Å². The van der Waals surface area contributed by atoms with Gasteiger partial charge in [-0.1, -0.05) is 0 Å². The molecule has 19 heavy (non-hydrogen) atoms. The summed E-state index contributed by atoms with van der Waals surface area (Å²) in [5.41, 5.74) is 11.1. The Morgan fingerprint density at radius 1 is 1.16 bits per heavy atom. The highest BCUT2D eigenvalue weighted by atomic mass is 19.4. The molecular weight excluding hydrogens is 261 g/mol. The molecule has 0 aliphatic rings. The van der Waals surface area contributed by atoms with Crippen LogP contribution < -0.4 is 11.5 Å². The molecule has 0 radical (unpaired) electrons. The summed E-state index contributed by atoms with van der Waals surface area (Å²) in [5, 5.41) is 12.9. The molecule has 2 aromatic rings. The molecule has 0 amide bonds. The zero-order chi connectivity index (χ0) is 14.2. The van der Waals surface area contributed by atoms with Crippen molar-refractivity contribution in [2.45, 2.75) is 12.8 Å². The smallest absolute Gasteiger partial charge is 0.391 e. The number of halogens is 3. The van der Waals surface area contributed by atoms with Gasteiger partial charge in [0.1, 0.15) is 5.82 Å². The average Bonchev–Trinajstić information content (AvgIpc) is 2.63. The number of nitrogen functional groups attached to an aromatic ring is 2. The molecule has 0 unspecified atom stereocenters. The zero-order valence-corrected chi connectivity index (χ0v) is 9.65. The van der Waals surface area contributed by atoms with Crippen LogP contribution in [0.15, 0.2) is 24.3 Å². The maximum Gasteiger partial charge on any atom is 0.416 e. The first-order valence-corrected chi connectivity index (χ1v) is 5.26. The van der Waals surface area contributed by atoms with Crippen LogP contribution in [0.2, 0.25) is 0 Å². The van der Waals surface area contributed by atoms with Crippen molar-refractivity contribution in [3.05, 3.63) is 35.4 Å². The number of hydrogen-bond donors (Lipinski definition) is 3. The molecule has 0 spiro atoms. The maximum atomic E-state index is 12.4. The number of alkyl halides is 3. The molecule has 0 aliphatic heterocycles. The number of rotatable bonds is 2. The molecule has 0 fully saturated rings. The minimum atomic E-state index is -4.40. The molecule has 102 valence electrons. The molecular formula is C11H11F3N4O. The van der Waals surface area contributed by atoms with Crippen LogP contribution in [0.3, 0.4) is 0 Å². The fourth-order valence-corrected chi connectivity index (χ4v) is 1.63. The van der Waals surface area contributed by atoms with Crippen LogP contribution in [-0.2, 0) is 12.8 Å². The van der Waals surface area contributed by atoms with Crippen molar-refractivity contribution in [2.75, 3.05) is 11.5 Å². The van der Waals surface area contributed by atoms with Crippen LogP contribution in [-0.4, -0.2) is 14.9 Å². The van der Waals surface area contributed by atoms with E-state index in [-0.39, 0.29) is 17.2 Å². The van der Waals surface area contributed by atoms with E-state index in [1.54, 1.807) is 0 Å². The molecule has 8 heteroatoms. The Morgan fingerprint density at radius 3 is 2.16 bits per heavy atom. The van der Waals surface area contributed by atoms with Crippen LogP contribution in [0.1, 0.15) is 11.1 Å². The van der Waals surface area contributed by atoms with E-state index in [0.717, 1.165) is 12.1 Å². The summed E-state index contributed by atoms with van der Waals surface area (Å²) in [5.74, 6) is 0.139. The van der Waals surface area contributed by atoms with Crippen molar-refractivity contribution in [1.29, 1.82) is 0 Å². The number of nitrogens with zero attached hydrogens (tertiary/aromatic N) is 2. The lowest BCUT2D eigenvalue weighted by atomic mass is 10.2. The van der Waals surface area contributed by atoms with Gasteiger partial charge in [-0.05, 0) is 24.3 Å². The van der Waals surface area contributed by atoms with E-state index < -0.39 is 18.3 Å². The predicted molar refractivity (Wildman–Crippen MR) is 63.3 cm³/mol. The van der Waals surface area contributed by atoms with Crippen molar-refractivity contribution >= 4 is 11.6 Å². The van der Waals surface area contributed by atoms with Gasteiger partial charge in [0.2, 0.25) is 0 Å². The van der Waals surface area contributed by atoms with Gasteiger partial charge in [-0.25, -0.2) is 4.68 Å². The van der Waals surface area contributed by atoms with E-state index in [4.69, 9.17) is 16.6 Å². The summed E-state index contributed by atoms with van der Waals surface area (Å²) >= 11 is 0. The predicted octanol–water partition coefficient (Wildman–Crippen LogP) is 1.55. The lowest BCUT2D eigenvalue weighted by Gasteiger charge is -2.08. The molecule has 1 aromatic heterocycles. The first-order chi connectivity index (χ1) is 8.84. The molecule has 2 rings (SSSR count). The fourth-order valence-electron chi connectivity index (χ4n) is 1.63. The first-order valence-electron chi connectivity index (χ1n) is 5.26. The average molecular weight is 272 g/mol. The van der Waals surface area contributed by atoms with Gasteiger partial charge >= 0.3 is 6.18 Å². The number of anilines is 2. The molecule has 0 saturated carbocycles. The van der Waals surface area contributed by atoms with E-state index in [9.17, 15) is 13.2 Å². The summed E-state index contributed by atoms with van der Waals surface area (Å²) in [7, 11) is 0. The van der Waals surface area contributed by atoms with Crippen LogP contribution in [0, 0.1) is 0 Å². The minimum absolute atomic E-state index is 0.0416. The van der Waals surface area contributed by atoms with E-state index in [1.807, 2.05) is 0 Å². The van der Waals surface area contributed by atoms with Crippen LogP contribution >= 0.6 is 0 Å². The number of hydrogen-bond acceptors (Lipinski definition) is 4.